The van der Waals surface area contributed by atoms with Gasteiger partial charge in [0.1, 0.15) is 11.6 Å². The van der Waals surface area contributed by atoms with Crippen LogP contribution in [0.4, 0.5) is 24.8 Å². The first-order valence-corrected chi connectivity index (χ1v) is 5.60. The fraction of sp³-hybridized carbons (Fsp3) is 0.600. The Labute approximate surface area is 103 Å². The van der Waals surface area contributed by atoms with Gasteiger partial charge in [0.25, 0.3) is 0 Å². The van der Waals surface area contributed by atoms with Crippen LogP contribution in [0.2, 0.25) is 0 Å². The zero-order valence-corrected chi connectivity index (χ0v) is 10.2. The van der Waals surface area contributed by atoms with Gasteiger partial charge in [-0.25, -0.2) is 15.8 Å². The topological polar surface area (TPSA) is 75.9 Å². The fourth-order valence-corrected chi connectivity index (χ4v) is 1.42. The Hall–Kier alpha value is -1.57. The molecular weight excluding hydrogens is 247 g/mol. The number of nitrogens with two attached hydrogens (primary N) is 1. The van der Waals surface area contributed by atoms with Gasteiger partial charge in [0.2, 0.25) is 5.82 Å². The zero-order valence-electron chi connectivity index (χ0n) is 10.2. The second kappa shape index (κ2) is 5.85. The van der Waals surface area contributed by atoms with Crippen LogP contribution in [0.5, 0.6) is 0 Å². The second-order valence-corrected chi connectivity index (χ2v) is 3.76. The first-order chi connectivity index (χ1) is 8.40. The Kier molecular flexibility index (Phi) is 4.71. The molecule has 1 aromatic heterocycles. The van der Waals surface area contributed by atoms with Crippen molar-refractivity contribution in [2.45, 2.75) is 38.9 Å². The maximum atomic E-state index is 12.6. The van der Waals surface area contributed by atoms with Crippen LogP contribution in [0.15, 0.2) is 6.07 Å². The van der Waals surface area contributed by atoms with E-state index in [4.69, 9.17) is 5.84 Å². The van der Waals surface area contributed by atoms with Gasteiger partial charge in [-0.1, -0.05) is 13.8 Å². The molecule has 0 aromatic carbocycles. The summed E-state index contributed by atoms with van der Waals surface area (Å²) >= 11 is 0. The van der Waals surface area contributed by atoms with Crippen LogP contribution in [0.25, 0.3) is 0 Å². The molecule has 0 fully saturated rings. The van der Waals surface area contributed by atoms with E-state index in [2.05, 4.69) is 20.7 Å². The highest BCUT2D eigenvalue weighted by molar-refractivity contribution is 5.47. The number of rotatable bonds is 5. The lowest BCUT2D eigenvalue weighted by molar-refractivity contribution is -0.144. The zero-order chi connectivity index (χ0) is 13.8. The highest BCUT2D eigenvalue weighted by atomic mass is 19.4. The Morgan fingerprint density at radius 3 is 2.22 bits per heavy atom. The van der Waals surface area contributed by atoms with Gasteiger partial charge < -0.3 is 10.7 Å². The van der Waals surface area contributed by atoms with Crippen molar-refractivity contribution in [3.8, 4) is 0 Å². The summed E-state index contributed by atoms with van der Waals surface area (Å²) in [5, 5.41) is 2.92. The SMILES string of the molecule is CCC(CC)Nc1cc(NN)nc(C(F)(F)F)n1. The summed E-state index contributed by atoms with van der Waals surface area (Å²) in [4.78, 5) is 6.72. The number of anilines is 2. The predicted octanol–water partition coefficient (Wildman–Crippen LogP) is 2.38. The predicted molar refractivity (Wildman–Crippen MR) is 62.8 cm³/mol. The summed E-state index contributed by atoms with van der Waals surface area (Å²) in [6.07, 6.45) is -3.03. The quantitative estimate of drug-likeness (QED) is 0.561. The smallest absolute Gasteiger partial charge is 0.367 e. The monoisotopic (exact) mass is 263 g/mol. The molecule has 18 heavy (non-hydrogen) atoms. The fourth-order valence-electron chi connectivity index (χ4n) is 1.42. The van der Waals surface area contributed by atoms with E-state index in [-0.39, 0.29) is 17.7 Å². The average Bonchev–Trinajstić information content (AvgIpc) is 2.34. The lowest BCUT2D eigenvalue weighted by Gasteiger charge is -2.17. The summed E-state index contributed by atoms with van der Waals surface area (Å²) in [6.45, 7) is 3.88. The molecular formula is C10H16F3N5. The number of nitrogens with zero attached hydrogens (tertiary/aromatic N) is 2. The molecule has 0 atom stereocenters. The lowest BCUT2D eigenvalue weighted by atomic mass is 10.2. The molecule has 0 amide bonds. The molecule has 0 spiro atoms. The van der Waals surface area contributed by atoms with Crippen LogP contribution in [0, 0.1) is 0 Å². The van der Waals surface area contributed by atoms with Crippen LogP contribution in [-0.4, -0.2) is 16.0 Å². The third-order valence-corrected chi connectivity index (χ3v) is 2.47. The van der Waals surface area contributed by atoms with Crippen LogP contribution in [0.3, 0.4) is 0 Å². The van der Waals surface area contributed by atoms with E-state index in [1.807, 2.05) is 13.8 Å². The van der Waals surface area contributed by atoms with E-state index in [1.165, 1.54) is 6.07 Å². The minimum Gasteiger partial charge on any atom is -0.367 e. The molecule has 0 aliphatic heterocycles. The molecule has 5 nitrogen and oxygen atoms in total. The van der Waals surface area contributed by atoms with Gasteiger partial charge in [0, 0.05) is 12.1 Å². The van der Waals surface area contributed by atoms with Crippen LogP contribution < -0.4 is 16.6 Å². The maximum Gasteiger partial charge on any atom is 0.451 e. The molecule has 8 heteroatoms. The third kappa shape index (κ3) is 3.73. The molecule has 0 aliphatic carbocycles. The number of hydrazine groups is 1. The Morgan fingerprint density at radius 1 is 1.22 bits per heavy atom. The summed E-state index contributed by atoms with van der Waals surface area (Å²) < 4.78 is 37.7. The van der Waals surface area contributed by atoms with E-state index in [1.54, 1.807) is 0 Å². The molecule has 4 N–H and O–H groups in total. The molecule has 0 radical (unpaired) electrons. The summed E-state index contributed by atoms with van der Waals surface area (Å²) in [5.74, 6) is 3.91. The number of alkyl halides is 3. The second-order valence-electron chi connectivity index (χ2n) is 3.76. The summed E-state index contributed by atoms with van der Waals surface area (Å²) in [6, 6.07) is 1.40. The van der Waals surface area contributed by atoms with Crippen molar-refractivity contribution < 1.29 is 13.2 Å². The number of aromatic nitrogens is 2. The first-order valence-electron chi connectivity index (χ1n) is 5.60. The van der Waals surface area contributed by atoms with Crippen molar-refractivity contribution >= 4 is 11.6 Å². The summed E-state index contributed by atoms with van der Waals surface area (Å²) in [5.41, 5.74) is 2.10. The number of halogens is 3. The average molecular weight is 263 g/mol. The van der Waals surface area contributed by atoms with Gasteiger partial charge in [-0.15, -0.1) is 0 Å². The maximum absolute atomic E-state index is 12.6. The van der Waals surface area contributed by atoms with Crippen molar-refractivity contribution in [1.29, 1.82) is 0 Å². The van der Waals surface area contributed by atoms with E-state index in [0.717, 1.165) is 12.8 Å². The van der Waals surface area contributed by atoms with E-state index in [0.29, 0.717) is 0 Å². The molecule has 0 aliphatic rings. The Bertz CT molecular complexity index is 390. The van der Waals surface area contributed by atoms with Crippen LogP contribution >= 0.6 is 0 Å². The number of nitrogens with one attached hydrogen (secondary N) is 2. The van der Waals surface area contributed by atoms with E-state index in [9.17, 15) is 13.2 Å². The highest BCUT2D eigenvalue weighted by Gasteiger charge is 2.35. The lowest BCUT2D eigenvalue weighted by Crippen LogP contribution is -2.21. The van der Waals surface area contributed by atoms with Gasteiger partial charge in [-0.2, -0.15) is 13.2 Å². The molecule has 1 heterocycles. The van der Waals surface area contributed by atoms with Gasteiger partial charge in [-0.05, 0) is 12.8 Å². The molecule has 0 unspecified atom stereocenters. The standard InChI is InChI=1S/C10H16F3N5/c1-3-6(4-2)15-7-5-8(18-14)17-9(16-7)10(11,12)13/h5-6H,3-4,14H2,1-2H3,(H2,15,16,17,18). The van der Waals surface area contributed by atoms with Crippen molar-refractivity contribution in [1.82, 2.24) is 9.97 Å². The third-order valence-electron chi connectivity index (χ3n) is 2.47. The minimum atomic E-state index is -4.60. The van der Waals surface area contributed by atoms with Crippen LogP contribution in [-0.2, 0) is 6.18 Å². The van der Waals surface area contributed by atoms with Crippen molar-refractivity contribution in [3.05, 3.63) is 11.9 Å². The molecule has 1 rings (SSSR count). The normalized spacial score (nSPS) is 11.7. The molecule has 1 aromatic rings. The molecule has 102 valence electrons. The van der Waals surface area contributed by atoms with Crippen molar-refractivity contribution in [2.75, 3.05) is 10.7 Å². The first kappa shape index (κ1) is 14.5. The number of hydrogen-bond acceptors (Lipinski definition) is 5. The Balaban J connectivity index is 3.04. The van der Waals surface area contributed by atoms with Gasteiger partial charge in [0.05, 0.1) is 0 Å². The largest absolute Gasteiger partial charge is 0.451 e. The molecule has 0 bridgehead atoms. The highest BCUT2D eigenvalue weighted by Crippen LogP contribution is 2.28. The van der Waals surface area contributed by atoms with Gasteiger partial charge in [-0.3, -0.25) is 0 Å². The number of hydrogen-bond donors (Lipinski definition) is 3. The van der Waals surface area contributed by atoms with Crippen molar-refractivity contribution in [2.24, 2.45) is 5.84 Å². The molecule has 0 saturated heterocycles. The number of nitrogen functional groups attached to an aromatic ring is 1. The van der Waals surface area contributed by atoms with Crippen molar-refractivity contribution in [3.63, 3.8) is 0 Å². The van der Waals surface area contributed by atoms with Gasteiger partial charge in [0.15, 0.2) is 0 Å². The summed E-state index contributed by atoms with van der Waals surface area (Å²) in [7, 11) is 0. The van der Waals surface area contributed by atoms with E-state index >= 15 is 0 Å². The van der Waals surface area contributed by atoms with Gasteiger partial charge >= 0.3 is 6.18 Å². The molecule has 0 saturated carbocycles. The van der Waals surface area contributed by atoms with E-state index < -0.39 is 12.0 Å². The minimum absolute atomic E-state index is 0.0617. The Morgan fingerprint density at radius 2 is 1.78 bits per heavy atom. The van der Waals surface area contributed by atoms with Crippen LogP contribution in [0.1, 0.15) is 32.5 Å².